The molecule has 1 aromatic carbocycles. The van der Waals surface area contributed by atoms with E-state index in [4.69, 9.17) is 0 Å². The molecule has 3 rings (SSSR count). The quantitative estimate of drug-likeness (QED) is 0.184. The molecule has 1 unspecified atom stereocenters. The zero-order valence-electron chi connectivity index (χ0n) is 22.9. The topological polar surface area (TPSA) is 90.9 Å². The van der Waals surface area contributed by atoms with Crippen LogP contribution in [0.4, 0.5) is 0 Å². The van der Waals surface area contributed by atoms with E-state index in [1.54, 1.807) is 12.4 Å². The molecule has 0 amide bonds. The van der Waals surface area contributed by atoms with Crippen LogP contribution < -0.4 is 0 Å². The first-order valence-electron chi connectivity index (χ1n) is 13.7. The second kappa shape index (κ2) is 16.0. The van der Waals surface area contributed by atoms with Crippen molar-refractivity contribution in [3.05, 3.63) is 71.8 Å². The van der Waals surface area contributed by atoms with Gasteiger partial charge in [0.05, 0.1) is 25.2 Å². The van der Waals surface area contributed by atoms with Gasteiger partial charge in [0.2, 0.25) is 0 Å². The van der Waals surface area contributed by atoms with Crippen LogP contribution in [0.5, 0.6) is 0 Å². The molecule has 1 atom stereocenters. The van der Waals surface area contributed by atoms with Gasteiger partial charge in [-0.05, 0) is 69.9 Å². The van der Waals surface area contributed by atoms with Gasteiger partial charge in [0, 0.05) is 37.9 Å². The highest BCUT2D eigenvalue weighted by molar-refractivity contribution is 5.23. The SMILES string of the molecule is CCCN(CCC)CCCCN(CC#N)Cc1ccc(CN(Cc2ncc[nH]2)C(C)c2ncc[nH]2)cc1. The molecular formula is C29H44N8. The number of unbranched alkanes of at least 4 members (excludes halogenated alkanes) is 1. The van der Waals surface area contributed by atoms with Crippen molar-refractivity contribution in [1.29, 1.82) is 5.26 Å². The van der Waals surface area contributed by atoms with Gasteiger partial charge in [0.1, 0.15) is 11.6 Å². The summed E-state index contributed by atoms with van der Waals surface area (Å²) in [4.78, 5) is 22.5. The van der Waals surface area contributed by atoms with Crippen LogP contribution in [0.15, 0.2) is 49.1 Å². The van der Waals surface area contributed by atoms with Crippen molar-refractivity contribution in [2.24, 2.45) is 0 Å². The standard InChI is InChI=1S/C29H44N8/c1-4-17-35(18-5-2)19-6-7-20-36(21-12-30)22-26-8-10-27(11-9-26)23-37(24-28-31-13-14-32-28)25(3)29-33-15-16-34-29/h8-11,13-16,25H,4-7,17-24H2,1-3H3,(H,31,32)(H,33,34). The summed E-state index contributed by atoms with van der Waals surface area (Å²) in [5.74, 6) is 1.89. The molecule has 0 saturated carbocycles. The van der Waals surface area contributed by atoms with Crippen LogP contribution in [-0.4, -0.2) is 67.4 Å². The number of nitrogens with zero attached hydrogens (tertiary/aromatic N) is 6. The van der Waals surface area contributed by atoms with E-state index >= 15 is 0 Å². The van der Waals surface area contributed by atoms with Crippen LogP contribution in [0, 0.1) is 11.3 Å². The van der Waals surface area contributed by atoms with E-state index in [1.807, 2.05) is 12.4 Å². The van der Waals surface area contributed by atoms with Crippen molar-refractivity contribution >= 4 is 0 Å². The molecule has 2 heterocycles. The number of nitrogens with one attached hydrogen (secondary N) is 2. The molecule has 0 aliphatic heterocycles. The zero-order valence-corrected chi connectivity index (χ0v) is 22.9. The molecule has 0 radical (unpaired) electrons. The first kappa shape index (κ1) is 28.6. The number of imidazole rings is 2. The molecule has 8 heteroatoms. The van der Waals surface area contributed by atoms with Crippen molar-refractivity contribution in [1.82, 2.24) is 34.6 Å². The zero-order chi connectivity index (χ0) is 26.3. The monoisotopic (exact) mass is 504 g/mol. The number of benzene rings is 1. The third-order valence-corrected chi connectivity index (χ3v) is 6.76. The van der Waals surface area contributed by atoms with Crippen LogP contribution in [0.25, 0.3) is 0 Å². The Balaban J connectivity index is 1.54. The molecule has 0 aliphatic rings. The van der Waals surface area contributed by atoms with Gasteiger partial charge in [-0.3, -0.25) is 9.80 Å². The maximum absolute atomic E-state index is 9.36. The van der Waals surface area contributed by atoms with E-state index < -0.39 is 0 Å². The number of rotatable bonds is 18. The lowest BCUT2D eigenvalue weighted by atomic mass is 10.1. The van der Waals surface area contributed by atoms with Crippen LogP contribution in [-0.2, 0) is 19.6 Å². The normalized spacial score (nSPS) is 12.5. The predicted molar refractivity (Wildman–Crippen MR) is 148 cm³/mol. The minimum atomic E-state index is 0.122. The van der Waals surface area contributed by atoms with Gasteiger partial charge in [0.15, 0.2) is 0 Å². The highest BCUT2D eigenvalue weighted by atomic mass is 15.2. The predicted octanol–water partition coefficient (Wildman–Crippen LogP) is 5.12. The minimum absolute atomic E-state index is 0.122. The Labute approximate surface area is 222 Å². The number of aromatic amines is 2. The van der Waals surface area contributed by atoms with Gasteiger partial charge in [-0.1, -0.05) is 38.1 Å². The van der Waals surface area contributed by atoms with Crippen molar-refractivity contribution in [2.45, 2.75) is 72.1 Å². The Morgan fingerprint density at radius 3 is 2.00 bits per heavy atom. The Hall–Kier alpha value is -2.99. The third kappa shape index (κ3) is 9.77. The lowest BCUT2D eigenvalue weighted by Gasteiger charge is -2.27. The largest absolute Gasteiger partial charge is 0.348 e. The molecule has 8 nitrogen and oxygen atoms in total. The van der Waals surface area contributed by atoms with E-state index in [2.05, 4.69) is 85.7 Å². The Bertz CT molecular complexity index is 1000. The van der Waals surface area contributed by atoms with Gasteiger partial charge in [-0.25, -0.2) is 9.97 Å². The summed E-state index contributed by atoms with van der Waals surface area (Å²) in [5.41, 5.74) is 2.49. The first-order chi connectivity index (χ1) is 18.1. The second-order valence-electron chi connectivity index (χ2n) is 9.83. The Kier molecular flexibility index (Phi) is 12.3. The molecule has 2 aromatic heterocycles. The highest BCUT2D eigenvalue weighted by Gasteiger charge is 2.19. The summed E-state index contributed by atoms with van der Waals surface area (Å²) < 4.78 is 0. The summed E-state index contributed by atoms with van der Waals surface area (Å²) in [6, 6.07) is 11.3. The fourth-order valence-electron chi connectivity index (χ4n) is 4.78. The molecule has 3 aromatic rings. The van der Waals surface area contributed by atoms with Gasteiger partial charge < -0.3 is 14.9 Å². The van der Waals surface area contributed by atoms with E-state index in [1.165, 1.54) is 43.5 Å². The fraction of sp³-hybridized carbons (Fsp3) is 0.552. The smallest absolute Gasteiger partial charge is 0.123 e. The van der Waals surface area contributed by atoms with Crippen molar-refractivity contribution in [2.75, 3.05) is 32.7 Å². The maximum Gasteiger partial charge on any atom is 0.123 e. The van der Waals surface area contributed by atoms with Crippen LogP contribution in [0.2, 0.25) is 0 Å². The average Bonchev–Trinajstić information content (AvgIpc) is 3.62. The number of nitriles is 1. The number of H-pyrrole nitrogens is 2. The van der Waals surface area contributed by atoms with Crippen molar-refractivity contribution < 1.29 is 0 Å². The fourth-order valence-corrected chi connectivity index (χ4v) is 4.78. The van der Waals surface area contributed by atoms with Crippen LogP contribution >= 0.6 is 0 Å². The van der Waals surface area contributed by atoms with Gasteiger partial charge in [0.25, 0.3) is 0 Å². The lowest BCUT2D eigenvalue weighted by molar-refractivity contribution is 0.181. The van der Waals surface area contributed by atoms with Gasteiger partial charge >= 0.3 is 0 Å². The van der Waals surface area contributed by atoms with E-state index in [0.29, 0.717) is 13.1 Å². The van der Waals surface area contributed by atoms with Gasteiger partial charge in [-0.2, -0.15) is 5.26 Å². The number of hydrogen-bond acceptors (Lipinski definition) is 6. The van der Waals surface area contributed by atoms with Crippen molar-refractivity contribution in [3.63, 3.8) is 0 Å². The summed E-state index contributed by atoms with van der Waals surface area (Å²) >= 11 is 0. The summed E-state index contributed by atoms with van der Waals surface area (Å²) in [6.45, 7) is 13.9. The van der Waals surface area contributed by atoms with Gasteiger partial charge in [-0.15, -0.1) is 0 Å². The molecule has 200 valence electrons. The molecule has 0 saturated heterocycles. The van der Waals surface area contributed by atoms with E-state index in [-0.39, 0.29) is 6.04 Å². The summed E-state index contributed by atoms with van der Waals surface area (Å²) in [5, 5.41) is 9.36. The molecule has 37 heavy (non-hydrogen) atoms. The van der Waals surface area contributed by atoms with E-state index in [0.717, 1.165) is 44.2 Å². The molecule has 0 fully saturated rings. The van der Waals surface area contributed by atoms with Crippen LogP contribution in [0.1, 0.15) is 75.3 Å². The summed E-state index contributed by atoms with van der Waals surface area (Å²) in [6.07, 6.45) is 12.0. The number of hydrogen-bond donors (Lipinski definition) is 2. The minimum Gasteiger partial charge on any atom is -0.348 e. The Morgan fingerprint density at radius 2 is 1.43 bits per heavy atom. The van der Waals surface area contributed by atoms with Crippen molar-refractivity contribution in [3.8, 4) is 6.07 Å². The van der Waals surface area contributed by atoms with E-state index in [9.17, 15) is 5.26 Å². The van der Waals surface area contributed by atoms with Crippen LogP contribution in [0.3, 0.4) is 0 Å². The maximum atomic E-state index is 9.36. The molecular weight excluding hydrogens is 460 g/mol. The average molecular weight is 505 g/mol. The summed E-state index contributed by atoms with van der Waals surface area (Å²) in [7, 11) is 0. The first-order valence-corrected chi connectivity index (χ1v) is 13.7. The molecule has 0 aliphatic carbocycles. The second-order valence-corrected chi connectivity index (χ2v) is 9.83. The number of aromatic nitrogens is 4. The molecule has 0 bridgehead atoms. The lowest BCUT2D eigenvalue weighted by Crippen LogP contribution is -2.29. The molecule has 0 spiro atoms. The Morgan fingerprint density at radius 1 is 0.811 bits per heavy atom. The highest BCUT2D eigenvalue weighted by Crippen LogP contribution is 2.22. The third-order valence-electron chi connectivity index (χ3n) is 6.76. The molecule has 2 N–H and O–H groups in total.